The molecule has 1 aromatic heterocycles. The fourth-order valence-corrected chi connectivity index (χ4v) is 4.00. The van der Waals surface area contributed by atoms with Gasteiger partial charge < -0.3 is 24.8 Å². The van der Waals surface area contributed by atoms with Crippen LogP contribution in [-0.4, -0.2) is 86.0 Å². The number of nitrogens with zero attached hydrogens (tertiary/aromatic N) is 5. The second-order valence-electron chi connectivity index (χ2n) is 8.66. The number of nitrogens with one attached hydrogen (secondary N) is 1. The zero-order valence-corrected chi connectivity index (χ0v) is 20.7. The quantitative estimate of drug-likeness (QED) is 0.395. The van der Waals surface area contributed by atoms with E-state index in [0.717, 1.165) is 11.4 Å². The molecule has 0 saturated heterocycles. The van der Waals surface area contributed by atoms with Gasteiger partial charge in [-0.25, -0.2) is 4.98 Å². The Morgan fingerprint density at radius 3 is 2.46 bits per heavy atom. The molecule has 3 aromatic rings. The van der Waals surface area contributed by atoms with E-state index in [1.165, 1.54) is 0 Å². The van der Waals surface area contributed by atoms with Gasteiger partial charge in [0.2, 0.25) is 0 Å². The molecule has 2 unspecified atom stereocenters. The van der Waals surface area contributed by atoms with E-state index in [1.807, 2.05) is 53.5 Å². The van der Waals surface area contributed by atoms with Crippen molar-refractivity contribution in [2.75, 3.05) is 52.3 Å². The van der Waals surface area contributed by atoms with Crippen LogP contribution in [0.2, 0.25) is 0 Å². The largest absolute Gasteiger partial charge is 0.497 e. The predicted molar refractivity (Wildman–Crippen MR) is 135 cm³/mol. The van der Waals surface area contributed by atoms with Gasteiger partial charge in [0.1, 0.15) is 11.5 Å². The molecular formula is C25H29F3N6O3. The topological polar surface area (TPSA) is 95.3 Å². The maximum Gasteiger partial charge on any atom is 0.415 e. The molecule has 0 aliphatic carbocycles. The first-order chi connectivity index (χ1) is 17.7. The SMILES string of the molecule is COc1cc(OC)cc(N(CCNCC(O)C(F)(F)F)c2ccc3ncc(C4C=NN(C)C4)nc3c2)c1. The van der Waals surface area contributed by atoms with Crippen molar-refractivity contribution in [3.05, 3.63) is 48.3 Å². The van der Waals surface area contributed by atoms with Gasteiger partial charge in [-0.05, 0) is 18.2 Å². The van der Waals surface area contributed by atoms with Crippen LogP contribution in [-0.2, 0) is 0 Å². The van der Waals surface area contributed by atoms with Crippen LogP contribution < -0.4 is 19.7 Å². The highest BCUT2D eigenvalue weighted by Gasteiger charge is 2.37. The van der Waals surface area contributed by atoms with Crippen LogP contribution in [0.15, 0.2) is 47.7 Å². The van der Waals surface area contributed by atoms with Crippen molar-refractivity contribution in [2.24, 2.45) is 5.10 Å². The molecule has 9 nitrogen and oxygen atoms in total. The number of rotatable bonds is 10. The summed E-state index contributed by atoms with van der Waals surface area (Å²) in [7, 11) is 4.98. The zero-order chi connectivity index (χ0) is 26.6. The number of aliphatic hydroxyl groups is 1. The molecule has 1 aliphatic rings. The molecule has 0 amide bonds. The second kappa shape index (κ2) is 11.2. The number of ether oxygens (including phenoxy) is 2. The number of anilines is 2. The Bertz CT molecular complexity index is 1230. The fraction of sp³-hybridized carbons (Fsp3) is 0.400. The van der Waals surface area contributed by atoms with Gasteiger partial charge in [-0.1, -0.05) is 0 Å². The zero-order valence-electron chi connectivity index (χ0n) is 20.7. The first-order valence-corrected chi connectivity index (χ1v) is 11.7. The number of benzene rings is 2. The maximum atomic E-state index is 12.7. The Labute approximate surface area is 212 Å². The van der Waals surface area contributed by atoms with Gasteiger partial charge in [0.25, 0.3) is 0 Å². The van der Waals surface area contributed by atoms with E-state index in [4.69, 9.17) is 14.5 Å². The van der Waals surface area contributed by atoms with Crippen LogP contribution in [0.1, 0.15) is 11.6 Å². The Morgan fingerprint density at radius 2 is 1.84 bits per heavy atom. The number of fused-ring (bicyclic) bond motifs is 1. The Hall–Kier alpha value is -3.64. The Kier molecular flexibility index (Phi) is 7.98. The minimum Gasteiger partial charge on any atom is -0.497 e. The van der Waals surface area contributed by atoms with Crippen LogP contribution in [0.3, 0.4) is 0 Å². The van der Waals surface area contributed by atoms with Gasteiger partial charge in [-0.2, -0.15) is 18.3 Å². The Morgan fingerprint density at radius 1 is 1.11 bits per heavy atom. The molecule has 12 heteroatoms. The molecule has 2 heterocycles. The third-order valence-electron chi connectivity index (χ3n) is 6.02. The average molecular weight is 519 g/mol. The molecule has 37 heavy (non-hydrogen) atoms. The van der Waals surface area contributed by atoms with Crippen molar-refractivity contribution in [1.82, 2.24) is 20.3 Å². The molecule has 4 rings (SSSR count). The molecule has 0 fully saturated rings. The molecule has 1 aliphatic heterocycles. The summed E-state index contributed by atoms with van der Waals surface area (Å²) in [5.41, 5.74) is 3.66. The minimum absolute atomic E-state index is 0.0357. The smallest absolute Gasteiger partial charge is 0.415 e. The molecule has 0 radical (unpaired) electrons. The minimum atomic E-state index is -4.68. The summed E-state index contributed by atoms with van der Waals surface area (Å²) in [5.74, 6) is 1.16. The van der Waals surface area contributed by atoms with E-state index in [1.54, 1.807) is 26.5 Å². The highest BCUT2D eigenvalue weighted by Crippen LogP contribution is 2.34. The third kappa shape index (κ3) is 6.38. The second-order valence-corrected chi connectivity index (χ2v) is 8.66. The molecular weight excluding hydrogens is 489 g/mol. The van der Waals surface area contributed by atoms with Crippen molar-refractivity contribution in [3.63, 3.8) is 0 Å². The molecule has 2 N–H and O–H groups in total. The van der Waals surface area contributed by atoms with Crippen molar-refractivity contribution >= 4 is 28.6 Å². The van der Waals surface area contributed by atoms with Gasteiger partial charge in [-0.15, -0.1) is 0 Å². The van der Waals surface area contributed by atoms with Crippen LogP contribution in [0.25, 0.3) is 11.0 Å². The highest BCUT2D eigenvalue weighted by atomic mass is 19.4. The van der Waals surface area contributed by atoms with E-state index < -0.39 is 18.8 Å². The van der Waals surface area contributed by atoms with Crippen LogP contribution >= 0.6 is 0 Å². The van der Waals surface area contributed by atoms with Crippen LogP contribution in [0, 0.1) is 0 Å². The number of hydrazone groups is 1. The monoisotopic (exact) mass is 518 g/mol. The van der Waals surface area contributed by atoms with Gasteiger partial charge in [0.05, 0.1) is 36.9 Å². The molecule has 2 aromatic carbocycles. The first kappa shape index (κ1) is 26.4. The van der Waals surface area contributed by atoms with Crippen molar-refractivity contribution in [1.29, 1.82) is 0 Å². The number of aliphatic hydroxyl groups excluding tert-OH is 1. The summed E-state index contributed by atoms with van der Waals surface area (Å²) in [6.07, 6.45) is -3.53. The molecule has 0 bridgehead atoms. The molecule has 0 saturated carbocycles. The van der Waals surface area contributed by atoms with E-state index in [-0.39, 0.29) is 12.5 Å². The number of halogens is 3. The number of hydrogen-bond donors (Lipinski definition) is 2. The summed E-state index contributed by atoms with van der Waals surface area (Å²) in [6.45, 7) is 0.564. The van der Waals surface area contributed by atoms with E-state index >= 15 is 0 Å². The lowest BCUT2D eigenvalue weighted by Crippen LogP contribution is -2.40. The van der Waals surface area contributed by atoms with Crippen LogP contribution in [0.4, 0.5) is 24.5 Å². The number of likely N-dealkylation sites (N-methyl/N-ethyl adjacent to an activating group) is 1. The van der Waals surface area contributed by atoms with Gasteiger partial charge >= 0.3 is 6.18 Å². The lowest BCUT2D eigenvalue weighted by molar-refractivity contribution is -0.201. The van der Waals surface area contributed by atoms with E-state index in [9.17, 15) is 18.3 Å². The Balaban J connectivity index is 1.64. The van der Waals surface area contributed by atoms with Crippen molar-refractivity contribution < 1.29 is 27.8 Å². The van der Waals surface area contributed by atoms with Crippen molar-refractivity contribution in [3.8, 4) is 11.5 Å². The first-order valence-electron chi connectivity index (χ1n) is 11.7. The van der Waals surface area contributed by atoms with Crippen molar-refractivity contribution in [2.45, 2.75) is 18.2 Å². The predicted octanol–water partition coefficient (Wildman–Crippen LogP) is 3.31. The lowest BCUT2D eigenvalue weighted by atomic mass is 10.1. The van der Waals surface area contributed by atoms with E-state index in [2.05, 4.69) is 15.4 Å². The summed E-state index contributed by atoms with van der Waals surface area (Å²) >= 11 is 0. The summed E-state index contributed by atoms with van der Waals surface area (Å²) in [5, 5.41) is 18.1. The summed E-state index contributed by atoms with van der Waals surface area (Å²) in [4.78, 5) is 11.3. The lowest BCUT2D eigenvalue weighted by Gasteiger charge is -2.27. The molecule has 198 valence electrons. The molecule has 2 atom stereocenters. The number of aromatic nitrogens is 2. The number of hydrogen-bond acceptors (Lipinski definition) is 9. The number of alkyl halides is 3. The average Bonchev–Trinajstić information content (AvgIpc) is 3.33. The summed E-state index contributed by atoms with van der Waals surface area (Å²) < 4.78 is 48.9. The normalized spacial score (nSPS) is 16.3. The van der Waals surface area contributed by atoms with Gasteiger partial charge in [-0.3, -0.25) is 9.99 Å². The van der Waals surface area contributed by atoms with Gasteiger partial charge in [0, 0.05) is 75.2 Å². The van der Waals surface area contributed by atoms with E-state index in [0.29, 0.717) is 41.3 Å². The summed E-state index contributed by atoms with van der Waals surface area (Å²) in [6, 6.07) is 11.0. The highest BCUT2D eigenvalue weighted by molar-refractivity contribution is 5.82. The third-order valence-corrected chi connectivity index (χ3v) is 6.02. The standard InChI is InChI=1S/C25H29F3N6O3/c1-33-15-16(12-31-33)23-13-30-21-5-4-17(10-22(21)32-23)34(7-6-29-14-24(35)25(26,27)28)18-8-19(36-2)11-20(9-18)37-3/h4-5,8-13,16,24,29,35H,6-7,14-15H2,1-3H3. The van der Waals surface area contributed by atoms with Crippen LogP contribution in [0.5, 0.6) is 11.5 Å². The molecule has 0 spiro atoms. The fourth-order valence-electron chi connectivity index (χ4n) is 4.00. The van der Waals surface area contributed by atoms with Gasteiger partial charge in [0.15, 0.2) is 6.10 Å². The maximum absolute atomic E-state index is 12.7. The number of methoxy groups -OCH3 is 2.